The number of nitrogens with zero attached hydrogens (tertiary/aromatic N) is 1. The molecule has 0 bridgehead atoms. The van der Waals surface area contributed by atoms with Gasteiger partial charge in [0.1, 0.15) is 6.23 Å². The third kappa shape index (κ3) is 5.15. The first-order chi connectivity index (χ1) is 11.9. The van der Waals surface area contributed by atoms with Crippen molar-refractivity contribution in [2.45, 2.75) is 104 Å². The van der Waals surface area contributed by atoms with Crippen LogP contribution in [0.3, 0.4) is 0 Å². The summed E-state index contributed by atoms with van der Waals surface area (Å²) in [5, 5.41) is -0.437. The number of β-lactam (4-membered cyclic amide) rings is 1. The topological polar surface area (TPSA) is 38.8 Å². The SMILES string of the molecule is C[Si](C)OC[C@@H](C(C)(C)C)[C@]1([Si](C)C)C(=O)N(C(C)(C)C)[C@@H]1O[Si](C)(C)C. The lowest BCUT2D eigenvalue weighted by Crippen LogP contribution is -2.78. The van der Waals surface area contributed by atoms with Gasteiger partial charge in [-0.15, -0.1) is 0 Å². The van der Waals surface area contributed by atoms with Crippen LogP contribution in [0.1, 0.15) is 41.5 Å². The molecule has 0 aromatic rings. The molecule has 0 aliphatic carbocycles. The highest BCUT2D eigenvalue weighted by molar-refractivity contribution is 6.70. The summed E-state index contributed by atoms with van der Waals surface area (Å²) in [6, 6.07) is 0. The Labute approximate surface area is 172 Å². The first-order valence-corrected chi connectivity index (χ1v) is 18.4. The lowest BCUT2D eigenvalue weighted by molar-refractivity contribution is -0.201. The molecule has 3 atom stereocenters. The number of amides is 1. The van der Waals surface area contributed by atoms with Crippen LogP contribution in [0.4, 0.5) is 0 Å². The first kappa shape index (κ1) is 25.1. The van der Waals surface area contributed by atoms with Crippen LogP contribution in [-0.4, -0.2) is 55.3 Å². The van der Waals surface area contributed by atoms with Crippen LogP contribution in [0, 0.1) is 11.3 Å². The van der Waals surface area contributed by atoms with Gasteiger partial charge in [-0.2, -0.15) is 0 Å². The molecule has 2 radical (unpaired) electrons. The van der Waals surface area contributed by atoms with Crippen molar-refractivity contribution in [3.63, 3.8) is 0 Å². The van der Waals surface area contributed by atoms with Gasteiger partial charge >= 0.3 is 0 Å². The second kappa shape index (κ2) is 8.05. The molecular weight excluding hydrogens is 386 g/mol. The van der Waals surface area contributed by atoms with Crippen molar-refractivity contribution in [1.29, 1.82) is 0 Å². The number of carbonyl (C=O) groups excluding carboxylic acids is 1. The molecule has 0 N–H and O–H groups in total. The second-order valence-electron chi connectivity index (χ2n) is 11.4. The molecule has 1 saturated heterocycles. The number of rotatable bonds is 7. The number of carbonyl (C=O) groups is 1. The molecular formula is C20H43NO3Si3. The lowest BCUT2D eigenvalue weighted by Gasteiger charge is -2.66. The van der Waals surface area contributed by atoms with Gasteiger partial charge in [0.2, 0.25) is 14.9 Å². The highest BCUT2D eigenvalue weighted by atomic mass is 28.4. The van der Waals surface area contributed by atoms with Gasteiger partial charge in [0.15, 0.2) is 8.32 Å². The maximum Gasteiger partial charge on any atom is 0.233 e. The summed E-state index contributed by atoms with van der Waals surface area (Å²) < 4.78 is 13.0. The van der Waals surface area contributed by atoms with E-state index in [1.54, 1.807) is 0 Å². The van der Waals surface area contributed by atoms with Crippen molar-refractivity contribution in [3.05, 3.63) is 0 Å². The molecule has 0 aromatic carbocycles. The van der Waals surface area contributed by atoms with Crippen molar-refractivity contribution >= 4 is 32.1 Å². The summed E-state index contributed by atoms with van der Waals surface area (Å²) in [5.41, 5.74) is -0.268. The summed E-state index contributed by atoms with van der Waals surface area (Å²) >= 11 is 0. The fourth-order valence-electron chi connectivity index (χ4n) is 4.13. The van der Waals surface area contributed by atoms with Crippen molar-refractivity contribution in [2.24, 2.45) is 11.3 Å². The van der Waals surface area contributed by atoms with Gasteiger partial charge in [-0.05, 0) is 58.9 Å². The van der Waals surface area contributed by atoms with E-state index in [0.29, 0.717) is 6.61 Å². The first-order valence-electron chi connectivity index (χ1n) is 10.1. The Bertz CT molecular complexity index is 532. The average molecular weight is 430 g/mol. The molecule has 4 nitrogen and oxygen atoms in total. The maximum atomic E-state index is 13.8. The Hall–Kier alpha value is 0.0406. The van der Waals surface area contributed by atoms with E-state index in [0.717, 1.165) is 0 Å². The summed E-state index contributed by atoms with van der Waals surface area (Å²) in [5.74, 6) is 0.433. The van der Waals surface area contributed by atoms with Crippen LogP contribution in [0.15, 0.2) is 0 Å². The second-order valence-corrected chi connectivity index (χ2v) is 20.8. The van der Waals surface area contributed by atoms with Crippen molar-refractivity contribution in [3.8, 4) is 0 Å². The molecule has 1 aliphatic rings. The largest absolute Gasteiger partial charge is 0.417 e. The minimum atomic E-state index is -1.84. The van der Waals surface area contributed by atoms with Gasteiger partial charge < -0.3 is 13.8 Å². The predicted octanol–water partition coefficient (Wildman–Crippen LogP) is 5.23. The van der Waals surface area contributed by atoms with Crippen molar-refractivity contribution in [1.82, 2.24) is 4.90 Å². The molecule has 0 aromatic heterocycles. The molecule has 0 spiro atoms. The summed E-state index contributed by atoms with van der Waals surface area (Å²) in [6.45, 7) is 29.3. The van der Waals surface area contributed by atoms with E-state index in [1.807, 2.05) is 4.90 Å². The Morgan fingerprint density at radius 1 is 1.07 bits per heavy atom. The van der Waals surface area contributed by atoms with E-state index >= 15 is 0 Å². The van der Waals surface area contributed by atoms with E-state index in [1.165, 1.54) is 0 Å². The third-order valence-corrected chi connectivity index (χ3v) is 9.48. The molecule has 0 unspecified atom stereocenters. The highest BCUT2D eigenvalue weighted by Crippen LogP contribution is 2.61. The van der Waals surface area contributed by atoms with E-state index < -0.39 is 31.2 Å². The number of likely N-dealkylation sites (tertiary alicyclic amines) is 1. The molecule has 1 amide bonds. The van der Waals surface area contributed by atoms with Crippen LogP contribution < -0.4 is 0 Å². The molecule has 27 heavy (non-hydrogen) atoms. The zero-order valence-corrected chi connectivity index (χ0v) is 23.0. The van der Waals surface area contributed by atoms with Gasteiger partial charge in [-0.3, -0.25) is 4.79 Å². The molecule has 1 fully saturated rings. The number of hydrogen-bond donors (Lipinski definition) is 0. The maximum absolute atomic E-state index is 13.8. The Kier molecular flexibility index (Phi) is 7.48. The molecule has 1 aliphatic heterocycles. The molecule has 7 heteroatoms. The van der Waals surface area contributed by atoms with Gasteiger partial charge in [0.05, 0.1) is 13.8 Å². The van der Waals surface area contributed by atoms with Crippen LogP contribution in [0.2, 0.25) is 50.9 Å². The van der Waals surface area contributed by atoms with Gasteiger partial charge in [-0.25, -0.2) is 0 Å². The third-order valence-electron chi connectivity index (χ3n) is 5.35. The summed E-state index contributed by atoms with van der Waals surface area (Å²) in [7, 11) is -3.64. The molecule has 0 saturated carbocycles. The van der Waals surface area contributed by atoms with Gasteiger partial charge in [0, 0.05) is 18.1 Å². The minimum absolute atomic E-state index is 0.0278. The monoisotopic (exact) mass is 429 g/mol. The van der Waals surface area contributed by atoms with Crippen LogP contribution >= 0.6 is 0 Å². The van der Waals surface area contributed by atoms with Crippen LogP contribution in [0.5, 0.6) is 0 Å². The average Bonchev–Trinajstić information content (AvgIpc) is 2.37. The van der Waals surface area contributed by atoms with E-state index in [9.17, 15) is 4.79 Å². The molecule has 158 valence electrons. The zero-order valence-electron chi connectivity index (χ0n) is 20.0. The van der Waals surface area contributed by atoms with Crippen LogP contribution in [-0.2, 0) is 13.6 Å². The zero-order chi connectivity index (χ0) is 21.6. The van der Waals surface area contributed by atoms with E-state index in [4.69, 9.17) is 8.85 Å². The standard InChI is InChI=1S/C20H43NO3Si3/c1-18(2,3)15(14-23-26(9)10)20(25(7)8)16(22)21(19(4,5)6)17(20)24-27(11,12)13/h15,17H,14H2,1-13H3/t15-,17+,20-/m0/s1. The minimum Gasteiger partial charge on any atom is -0.417 e. The fraction of sp³-hybridized carbons (Fsp3) is 0.950. The lowest BCUT2D eigenvalue weighted by atomic mass is 9.67. The highest BCUT2D eigenvalue weighted by Gasteiger charge is 2.70. The number of hydrogen-bond acceptors (Lipinski definition) is 3. The Morgan fingerprint density at radius 2 is 1.56 bits per heavy atom. The van der Waals surface area contributed by atoms with Crippen molar-refractivity contribution < 1.29 is 13.6 Å². The summed E-state index contributed by atoms with van der Waals surface area (Å²) in [4.78, 5) is 15.9. The van der Waals surface area contributed by atoms with E-state index in [2.05, 4.69) is 87.4 Å². The smallest absolute Gasteiger partial charge is 0.233 e. The van der Waals surface area contributed by atoms with Crippen molar-refractivity contribution in [2.75, 3.05) is 6.61 Å². The summed E-state index contributed by atoms with van der Waals surface area (Å²) in [6.07, 6.45) is -0.141. The van der Waals surface area contributed by atoms with Crippen LogP contribution in [0.25, 0.3) is 0 Å². The van der Waals surface area contributed by atoms with Gasteiger partial charge in [-0.1, -0.05) is 33.9 Å². The molecule has 1 rings (SSSR count). The fourth-order valence-corrected chi connectivity index (χ4v) is 8.15. The predicted molar refractivity (Wildman–Crippen MR) is 121 cm³/mol. The van der Waals surface area contributed by atoms with E-state index in [-0.39, 0.29) is 29.0 Å². The quantitative estimate of drug-likeness (QED) is 0.411. The Balaban J connectivity index is 3.55. The molecule has 1 heterocycles. The Morgan fingerprint density at radius 3 is 1.85 bits per heavy atom. The normalized spacial score (nSPS) is 26.0. The van der Waals surface area contributed by atoms with Gasteiger partial charge in [0.25, 0.3) is 0 Å².